The monoisotopic (exact) mass is 291 g/mol. The van der Waals surface area contributed by atoms with Gasteiger partial charge in [-0.3, -0.25) is 4.79 Å². The van der Waals surface area contributed by atoms with Crippen LogP contribution in [-0.2, 0) is 4.74 Å². The fourth-order valence-corrected chi connectivity index (χ4v) is 2.46. The number of aliphatic hydroxyl groups is 1. The summed E-state index contributed by atoms with van der Waals surface area (Å²) in [5.74, 6) is 0.567. The van der Waals surface area contributed by atoms with Crippen molar-refractivity contribution in [2.75, 3.05) is 20.3 Å². The summed E-state index contributed by atoms with van der Waals surface area (Å²) < 4.78 is 15.9. The van der Waals surface area contributed by atoms with Gasteiger partial charge in [0, 0.05) is 17.0 Å². The zero-order valence-electron chi connectivity index (χ0n) is 11.9. The number of aliphatic hydroxyl groups excluding tert-OH is 1. The van der Waals surface area contributed by atoms with Gasteiger partial charge in [-0.25, -0.2) is 0 Å². The third-order valence-corrected chi connectivity index (χ3v) is 3.72. The van der Waals surface area contributed by atoms with E-state index in [1.807, 2.05) is 19.1 Å². The molecule has 21 heavy (non-hydrogen) atoms. The molecule has 0 spiro atoms. The third kappa shape index (κ3) is 2.48. The minimum absolute atomic E-state index is 0.237. The Kier molecular flexibility index (Phi) is 3.57. The molecule has 1 aliphatic heterocycles. The van der Waals surface area contributed by atoms with E-state index >= 15 is 0 Å². The first-order valence-corrected chi connectivity index (χ1v) is 6.74. The molecule has 1 saturated heterocycles. The van der Waals surface area contributed by atoms with Gasteiger partial charge >= 0.3 is 0 Å². The summed E-state index contributed by atoms with van der Waals surface area (Å²) >= 11 is 0. The maximum Gasteiger partial charge on any atom is 0.287 e. The molecule has 1 fully saturated rings. The second-order valence-corrected chi connectivity index (χ2v) is 5.10. The molecule has 6 heteroatoms. The highest BCUT2D eigenvalue weighted by Gasteiger charge is 2.29. The lowest BCUT2D eigenvalue weighted by molar-refractivity contribution is 0.0861. The number of fused-ring (bicyclic) bond motifs is 1. The number of amides is 1. The smallest absolute Gasteiger partial charge is 0.287 e. The van der Waals surface area contributed by atoms with Gasteiger partial charge in [-0.15, -0.1) is 0 Å². The van der Waals surface area contributed by atoms with E-state index in [-0.39, 0.29) is 18.3 Å². The van der Waals surface area contributed by atoms with Gasteiger partial charge in [-0.1, -0.05) is 0 Å². The van der Waals surface area contributed by atoms with E-state index in [1.54, 1.807) is 13.2 Å². The summed E-state index contributed by atoms with van der Waals surface area (Å²) in [5, 5.41) is 13.3. The molecule has 3 rings (SSSR count). The van der Waals surface area contributed by atoms with E-state index in [9.17, 15) is 9.90 Å². The van der Waals surface area contributed by atoms with Gasteiger partial charge in [0.1, 0.15) is 11.3 Å². The van der Waals surface area contributed by atoms with Crippen LogP contribution in [-0.4, -0.2) is 43.5 Å². The van der Waals surface area contributed by atoms with Crippen molar-refractivity contribution < 1.29 is 23.8 Å². The maximum atomic E-state index is 12.3. The Balaban J connectivity index is 1.89. The van der Waals surface area contributed by atoms with E-state index in [0.29, 0.717) is 17.9 Å². The van der Waals surface area contributed by atoms with Gasteiger partial charge in [0.2, 0.25) is 0 Å². The number of nitrogens with one attached hydrogen (secondary N) is 1. The van der Waals surface area contributed by atoms with E-state index in [2.05, 4.69) is 5.32 Å². The summed E-state index contributed by atoms with van der Waals surface area (Å²) in [6.45, 7) is 2.37. The molecular weight excluding hydrogens is 274 g/mol. The lowest BCUT2D eigenvalue weighted by Crippen LogP contribution is -2.42. The minimum Gasteiger partial charge on any atom is -0.497 e. The molecule has 112 valence electrons. The Labute approximate surface area is 121 Å². The van der Waals surface area contributed by atoms with Crippen LogP contribution in [0.1, 0.15) is 16.1 Å². The number of aryl methyl sites for hydroxylation is 1. The van der Waals surface area contributed by atoms with Crippen LogP contribution in [0, 0.1) is 6.92 Å². The molecule has 1 amide bonds. The highest BCUT2D eigenvalue weighted by Crippen LogP contribution is 2.28. The average molecular weight is 291 g/mol. The number of hydrogen-bond acceptors (Lipinski definition) is 5. The number of benzene rings is 1. The second-order valence-electron chi connectivity index (χ2n) is 5.10. The lowest BCUT2D eigenvalue weighted by Gasteiger charge is -2.13. The molecule has 0 bridgehead atoms. The number of furan rings is 1. The van der Waals surface area contributed by atoms with Crippen LogP contribution in [0.5, 0.6) is 5.75 Å². The third-order valence-electron chi connectivity index (χ3n) is 3.72. The first-order chi connectivity index (χ1) is 10.1. The number of ether oxygens (including phenoxy) is 2. The van der Waals surface area contributed by atoms with Crippen molar-refractivity contribution in [2.45, 2.75) is 19.1 Å². The average Bonchev–Trinajstić information content (AvgIpc) is 3.03. The second kappa shape index (κ2) is 5.38. The number of methoxy groups -OCH3 is 1. The zero-order chi connectivity index (χ0) is 15.0. The molecule has 2 heterocycles. The Morgan fingerprint density at radius 3 is 2.90 bits per heavy atom. The molecule has 0 aliphatic carbocycles. The molecule has 0 radical (unpaired) electrons. The Bertz CT molecular complexity index is 678. The van der Waals surface area contributed by atoms with E-state index in [1.165, 1.54) is 0 Å². The quantitative estimate of drug-likeness (QED) is 0.889. The summed E-state index contributed by atoms with van der Waals surface area (Å²) in [4.78, 5) is 12.3. The van der Waals surface area contributed by atoms with E-state index in [4.69, 9.17) is 13.9 Å². The molecule has 2 atom stereocenters. The van der Waals surface area contributed by atoms with Crippen LogP contribution in [0.4, 0.5) is 0 Å². The van der Waals surface area contributed by atoms with E-state index in [0.717, 1.165) is 10.9 Å². The Morgan fingerprint density at radius 1 is 1.43 bits per heavy atom. The predicted molar refractivity (Wildman–Crippen MR) is 75.6 cm³/mol. The molecule has 1 aromatic heterocycles. The van der Waals surface area contributed by atoms with Crippen molar-refractivity contribution in [3.8, 4) is 5.75 Å². The number of carbonyl (C=O) groups excluding carboxylic acids is 1. The van der Waals surface area contributed by atoms with Gasteiger partial charge in [-0.05, 0) is 19.1 Å². The highest BCUT2D eigenvalue weighted by atomic mass is 16.5. The van der Waals surface area contributed by atoms with Crippen molar-refractivity contribution in [3.05, 3.63) is 29.5 Å². The lowest BCUT2D eigenvalue weighted by atomic mass is 10.1. The van der Waals surface area contributed by atoms with Gasteiger partial charge in [0.05, 0.1) is 32.5 Å². The normalized spacial score (nSPS) is 21.7. The summed E-state index contributed by atoms with van der Waals surface area (Å²) in [5.41, 5.74) is 1.36. The van der Waals surface area contributed by atoms with Crippen molar-refractivity contribution in [1.82, 2.24) is 5.32 Å². The maximum absolute atomic E-state index is 12.3. The van der Waals surface area contributed by atoms with Crippen LogP contribution in [0.25, 0.3) is 11.0 Å². The van der Waals surface area contributed by atoms with Crippen LogP contribution in [0.2, 0.25) is 0 Å². The van der Waals surface area contributed by atoms with Gasteiger partial charge < -0.3 is 24.3 Å². The zero-order valence-corrected chi connectivity index (χ0v) is 11.9. The van der Waals surface area contributed by atoms with E-state index < -0.39 is 12.1 Å². The van der Waals surface area contributed by atoms with Crippen molar-refractivity contribution in [3.63, 3.8) is 0 Å². The standard InChI is InChI=1S/C15H17NO5/c1-8-10-4-3-9(19-2)5-13(10)21-14(8)15(18)16-11-6-20-7-12(11)17/h3-5,11-12,17H,6-7H2,1-2H3,(H,16,18)/t11-,12-/m0/s1. The fraction of sp³-hybridized carbons (Fsp3) is 0.400. The molecule has 6 nitrogen and oxygen atoms in total. The first kappa shape index (κ1) is 13.9. The predicted octanol–water partition coefficient (Wildman–Crippen LogP) is 1.24. The SMILES string of the molecule is COc1ccc2c(C)c(C(=O)N[C@H]3COC[C@@H]3O)oc2c1. The van der Waals surface area contributed by atoms with Crippen LogP contribution in [0.15, 0.2) is 22.6 Å². The van der Waals surface area contributed by atoms with Crippen LogP contribution < -0.4 is 10.1 Å². The molecule has 1 aromatic carbocycles. The largest absolute Gasteiger partial charge is 0.497 e. The first-order valence-electron chi connectivity index (χ1n) is 6.74. The summed E-state index contributed by atoms with van der Waals surface area (Å²) in [6.07, 6.45) is -0.682. The molecule has 0 unspecified atom stereocenters. The van der Waals surface area contributed by atoms with Crippen molar-refractivity contribution in [2.24, 2.45) is 0 Å². The minimum atomic E-state index is -0.682. The van der Waals surface area contributed by atoms with Crippen LogP contribution in [0.3, 0.4) is 0 Å². The van der Waals surface area contributed by atoms with Crippen molar-refractivity contribution in [1.29, 1.82) is 0 Å². The van der Waals surface area contributed by atoms with Crippen LogP contribution >= 0.6 is 0 Å². The van der Waals surface area contributed by atoms with Gasteiger partial charge in [-0.2, -0.15) is 0 Å². The van der Waals surface area contributed by atoms with Gasteiger partial charge in [0.15, 0.2) is 5.76 Å². The molecule has 2 aromatic rings. The summed E-state index contributed by atoms with van der Waals surface area (Å²) in [6, 6.07) is 5.02. The highest BCUT2D eigenvalue weighted by molar-refractivity contribution is 5.99. The molecule has 1 aliphatic rings. The summed E-state index contributed by atoms with van der Waals surface area (Å²) in [7, 11) is 1.58. The fourth-order valence-electron chi connectivity index (χ4n) is 2.46. The molecular formula is C15H17NO5. The number of hydrogen-bond donors (Lipinski definition) is 2. The Morgan fingerprint density at radius 2 is 2.24 bits per heavy atom. The number of carbonyl (C=O) groups is 1. The number of rotatable bonds is 3. The molecule has 0 saturated carbocycles. The van der Waals surface area contributed by atoms with Gasteiger partial charge in [0.25, 0.3) is 5.91 Å². The Hall–Kier alpha value is -2.05. The topological polar surface area (TPSA) is 80.9 Å². The molecule has 2 N–H and O–H groups in total. The van der Waals surface area contributed by atoms with Crippen molar-refractivity contribution >= 4 is 16.9 Å².